The van der Waals surface area contributed by atoms with Gasteiger partial charge in [-0.3, -0.25) is 23.4 Å². The van der Waals surface area contributed by atoms with E-state index < -0.39 is 80.2 Å². The fourth-order valence-electron chi connectivity index (χ4n) is 4.42. The van der Waals surface area contributed by atoms with Crippen molar-refractivity contribution in [2.45, 2.75) is 84.5 Å². The fourth-order valence-corrected chi connectivity index (χ4v) is 5.90. The summed E-state index contributed by atoms with van der Waals surface area (Å²) in [5.74, 6) is -3.28. The fraction of sp³-hybridized carbons (Fsp3) is 0.655. The molecule has 18 heteroatoms. The minimum absolute atomic E-state index is 0.00987. The van der Waals surface area contributed by atoms with Crippen LogP contribution in [0.15, 0.2) is 18.5 Å². The van der Waals surface area contributed by atoms with Crippen LogP contribution in [0.4, 0.5) is 5.82 Å². The van der Waals surface area contributed by atoms with Crippen molar-refractivity contribution in [2.75, 3.05) is 32.7 Å². The van der Waals surface area contributed by atoms with E-state index in [1.165, 1.54) is 24.9 Å². The lowest BCUT2D eigenvalue weighted by atomic mass is 9.95. The molecule has 1 aliphatic heterocycles. The number of anilines is 1. The third-order valence-electron chi connectivity index (χ3n) is 6.88. The zero-order valence-electron chi connectivity index (χ0n) is 27.7. The summed E-state index contributed by atoms with van der Waals surface area (Å²) in [7, 11) is -3.03. The molecule has 2 aromatic heterocycles. The van der Waals surface area contributed by atoms with Crippen LogP contribution < -0.4 is 10.8 Å². The summed E-state index contributed by atoms with van der Waals surface area (Å²) in [5, 5.41) is 17.4. The van der Waals surface area contributed by atoms with Crippen molar-refractivity contribution in [1.82, 2.24) is 19.7 Å². The van der Waals surface area contributed by atoms with Crippen LogP contribution in [-0.4, -0.2) is 89.4 Å². The number of nitrogens with two attached hydrogens (primary N) is 1. The molecule has 0 saturated carbocycles. The predicted octanol–water partition coefficient (Wildman–Crippen LogP) is 2.50. The van der Waals surface area contributed by atoms with Crippen molar-refractivity contribution in [3.05, 3.63) is 24.2 Å². The lowest BCUT2D eigenvalue weighted by molar-refractivity contribution is -0.173. The molecule has 3 heterocycles. The quantitative estimate of drug-likeness (QED) is 0.112. The molecule has 260 valence electrons. The number of nitriles is 1. The highest BCUT2D eigenvalue weighted by atomic mass is 31.2. The van der Waals surface area contributed by atoms with Gasteiger partial charge in [-0.2, -0.15) is 10.4 Å². The van der Waals surface area contributed by atoms with E-state index in [0.29, 0.717) is 5.52 Å². The number of carbonyl (C=O) groups excluding carboxylic acids is 3. The van der Waals surface area contributed by atoms with E-state index in [-0.39, 0.29) is 24.7 Å². The molecule has 0 aliphatic carbocycles. The molecule has 1 fully saturated rings. The smallest absolute Gasteiger partial charge is 0.406 e. The van der Waals surface area contributed by atoms with Crippen molar-refractivity contribution in [2.24, 2.45) is 11.8 Å². The van der Waals surface area contributed by atoms with Gasteiger partial charge in [0.15, 0.2) is 18.0 Å². The minimum atomic E-state index is -4.43. The second kappa shape index (κ2) is 16.0. The number of methoxy groups -OCH3 is 1. The highest BCUT2D eigenvalue weighted by Gasteiger charge is 2.62. The summed E-state index contributed by atoms with van der Waals surface area (Å²) in [6, 6.07) is 4.01. The Hall–Kier alpha value is -3.65. The van der Waals surface area contributed by atoms with Gasteiger partial charge in [-0.25, -0.2) is 19.2 Å². The molecular weight excluding hydrogens is 639 g/mol. The van der Waals surface area contributed by atoms with E-state index in [2.05, 4.69) is 15.2 Å². The van der Waals surface area contributed by atoms with Crippen molar-refractivity contribution in [1.29, 1.82) is 5.26 Å². The number of nitrogens with one attached hydrogen (secondary N) is 1. The average Bonchev–Trinajstić information content (AvgIpc) is 3.56. The maximum absolute atomic E-state index is 14.0. The number of rotatable bonds is 16. The molecule has 6 atom stereocenters. The van der Waals surface area contributed by atoms with E-state index in [1.54, 1.807) is 53.7 Å². The SMILES string of the molecule is COCCOP(=O)(NC(C)C(=O)OC(C)C)OC[C@@]1(C#N)O[C@@H](c2ccc3c(N)ncnn23)[C@H](OC(=O)C(C)C)[C@@H]1OC(=O)C(C)C. The van der Waals surface area contributed by atoms with Crippen molar-refractivity contribution >= 4 is 37.0 Å². The molecule has 0 amide bonds. The number of nitrogen functional groups attached to an aromatic ring is 1. The second-order valence-corrected chi connectivity index (χ2v) is 13.5. The molecule has 0 spiro atoms. The predicted molar refractivity (Wildman–Crippen MR) is 164 cm³/mol. The van der Waals surface area contributed by atoms with Gasteiger partial charge in [0.1, 0.15) is 36.7 Å². The number of nitrogens with zero attached hydrogens (tertiary/aromatic N) is 4. The Bertz CT molecular complexity index is 1510. The molecule has 1 aliphatic rings. The van der Waals surface area contributed by atoms with Gasteiger partial charge >= 0.3 is 25.7 Å². The Balaban J connectivity index is 2.10. The van der Waals surface area contributed by atoms with Gasteiger partial charge in [-0.15, -0.1) is 0 Å². The number of aromatic nitrogens is 3. The Morgan fingerprint density at radius 1 is 1.06 bits per heavy atom. The maximum atomic E-state index is 14.0. The summed E-state index contributed by atoms with van der Waals surface area (Å²) in [6.07, 6.45) is -3.54. The van der Waals surface area contributed by atoms with Crippen LogP contribution in [0, 0.1) is 23.2 Å². The molecule has 1 saturated heterocycles. The van der Waals surface area contributed by atoms with Crippen molar-refractivity contribution in [3.8, 4) is 6.07 Å². The van der Waals surface area contributed by atoms with Gasteiger partial charge in [0.2, 0.25) is 5.60 Å². The molecule has 0 radical (unpaired) electrons. The van der Waals surface area contributed by atoms with Crippen LogP contribution in [0.25, 0.3) is 5.52 Å². The first-order valence-corrected chi connectivity index (χ1v) is 16.6. The summed E-state index contributed by atoms with van der Waals surface area (Å²) in [5.41, 5.74) is 4.47. The number of hydrogen-bond donors (Lipinski definition) is 2. The van der Waals surface area contributed by atoms with Crippen LogP contribution in [-0.2, 0) is 51.7 Å². The zero-order chi connectivity index (χ0) is 35.1. The van der Waals surface area contributed by atoms with Crippen LogP contribution in [0.1, 0.15) is 60.3 Å². The van der Waals surface area contributed by atoms with E-state index in [1.807, 2.05) is 6.07 Å². The van der Waals surface area contributed by atoms with Crippen LogP contribution >= 0.6 is 7.75 Å². The Kier molecular flexibility index (Phi) is 12.8. The first-order valence-electron chi connectivity index (χ1n) is 15.0. The van der Waals surface area contributed by atoms with Gasteiger partial charge in [0.25, 0.3) is 0 Å². The molecule has 47 heavy (non-hydrogen) atoms. The number of esters is 3. The zero-order valence-corrected chi connectivity index (χ0v) is 28.6. The minimum Gasteiger partial charge on any atom is -0.462 e. The van der Waals surface area contributed by atoms with Crippen LogP contribution in [0.2, 0.25) is 0 Å². The van der Waals surface area contributed by atoms with Gasteiger partial charge in [0.05, 0.1) is 36.8 Å². The third kappa shape index (κ3) is 9.04. The molecule has 3 rings (SSSR count). The van der Waals surface area contributed by atoms with E-state index in [4.69, 9.17) is 38.5 Å². The van der Waals surface area contributed by atoms with Crippen molar-refractivity contribution in [3.63, 3.8) is 0 Å². The Morgan fingerprint density at radius 3 is 2.32 bits per heavy atom. The third-order valence-corrected chi connectivity index (χ3v) is 8.57. The standard InChI is InChI=1S/C29H43N6O11P/c1-16(2)26(36)44-23-22(20-9-10-21-25(31)32-15-33-35(20)21)46-29(13-30,24(23)45-27(37)17(3)4)14-42-47(39,41-12-11-40-8)34-19(7)28(38)43-18(5)6/h9-10,15-19,22-24H,11-12,14H2,1-8H3,(H,34,39)(H2,31,32,33)/t19?,22-,23-,24-,29+,47?/m0/s1. The number of hydrogen-bond acceptors (Lipinski definition) is 15. The van der Waals surface area contributed by atoms with E-state index in [9.17, 15) is 24.2 Å². The molecule has 0 bridgehead atoms. The normalized spacial score (nSPS) is 23.1. The number of carbonyl (C=O) groups is 3. The van der Waals surface area contributed by atoms with Gasteiger partial charge in [-0.1, -0.05) is 27.7 Å². The highest BCUT2D eigenvalue weighted by Crippen LogP contribution is 2.50. The Labute approximate surface area is 272 Å². The molecular formula is C29H43N6O11P. The maximum Gasteiger partial charge on any atom is 0.406 e. The summed E-state index contributed by atoms with van der Waals surface area (Å²) >= 11 is 0. The van der Waals surface area contributed by atoms with Gasteiger partial charge in [0, 0.05) is 7.11 Å². The molecule has 0 aromatic carbocycles. The highest BCUT2D eigenvalue weighted by molar-refractivity contribution is 7.51. The average molecular weight is 683 g/mol. The largest absolute Gasteiger partial charge is 0.462 e. The second-order valence-electron chi connectivity index (χ2n) is 11.7. The van der Waals surface area contributed by atoms with Crippen LogP contribution in [0.5, 0.6) is 0 Å². The van der Waals surface area contributed by atoms with Gasteiger partial charge in [-0.05, 0) is 32.9 Å². The van der Waals surface area contributed by atoms with E-state index in [0.717, 1.165) is 0 Å². The topological polar surface area (TPSA) is 225 Å². The first-order chi connectivity index (χ1) is 22.1. The number of ether oxygens (including phenoxy) is 5. The van der Waals surface area contributed by atoms with Crippen LogP contribution in [0.3, 0.4) is 0 Å². The molecule has 2 unspecified atom stereocenters. The summed E-state index contributed by atoms with van der Waals surface area (Å²) in [4.78, 5) is 42.6. The summed E-state index contributed by atoms with van der Waals surface area (Å²) in [6.45, 7) is 10.00. The molecule has 2 aromatic rings. The van der Waals surface area contributed by atoms with Crippen molar-refractivity contribution < 1.29 is 51.7 Å². The lowest BCUT2D eigenvalue weighted by Gasteiger charge is -2.31. The summed E-state index contributed by atoms with van der Waals surface area (Å²) < 4.78 is 54.8. The lowest BCUT2D eigenvalue weighted by Crippen LogP contribution is -2.50. The molecule has 3 N–H and O–H groups in total. The Morgan fingerprint density at radius 2 is 1.72 bits per heavy atom. The van der Waals surface area contributed by atoms with E-state index >= 15 is 0 Å². The van der Waals surface area contributed by atoms with Gasteiger partial charge < -0.3 is 29.4 Å². The monoisotopic (exact) mass is 682 g/mol. The first kappa shape index (κ1) is 37.8. The number of fused-ring (bicyclic) bond motifs is 1. The molecule has 17 nitrogen and oxygen atoms in total.